The molecule has 0 radical (unpaired) electrons. The first-order valence-electron chi connectivity index (χ1n) is 9.44. The van der Waals surface area contributed by atoms with Gasteiger partial charge in [0.15, 0.2) is 0 Å². The summed E-state index contributed by atoms with van der Waals surface area (Å²) in [7, 11) is 4.02. The van der Waals surface area contributed by atoms with Gasteiger partial charge in [-0.3, -0.25) is 9.59 Å². The van der Waals surface area contributed by atoms with E-state index in [1.807, 2.05) is 25.9 Å². The Kier molecular flexibility index (Phi) is 5.79. The molecule has 0 unspecified atom stereocenters. The van der Waals surface area contributed by atoms with Crippen molar-refractivity contribution in [3.05, 3.63) is 59.7 Å². The van der Waals surface area contributed by atoms with Crippen LogP contribution in [0.5, 0.6) is 0 Å². The monoisotopic (exact) mass is 365 g/mol. The largest absolute Gasteiger partial charge is 0.378 e. The summed E-state index contributed by atoms with van der Waals surface area (Å²) in [6.45, 7) is 3.19. The predicted octanol–water partition coefficient (Wildman–Crippen LogP) is 3.76. The van der Waals surface area contributed by atoms with Gasteiger partial charge in [-0.25, -0.2) is 0 Å². The van der Waals surface area contributed by atoms with Crippen molar-refractivity contribution in [1.82, 2.24) is 4.90 Å². The van der Waals surface area contributed by atoms with Crippen molar-refractivity contribution < 1.29 is 9.59 Å². The third kappa shape index (κ3) is 4.88. The first-order chi connectivity index (χ1) is 13.0. The minimum absolute atomic E-state index is 0.00532. The molecule has 0 spiro atoms. The fraction of sp³-hybridized carbons (Fsp3) is 0.364. The Balaban J connectivity index is 1.64. The summed E-state index contributed by atoms with van der Waals surface area (Å²) in [5.41, 5.74) is 3.61. The van der Waals surface area contributed by atoms with Gasteiger partial charge in [0, 0.05) is 50.0 Å². The Labute approximate surface area is 161 Å². The molecule has 1 N–H and O–H groups in total. The number of hydrogen-bond donors (Lipinski definition) is 1. The predicted molar refractivity (Wildman–Crippen MR) is 109 cm³/mol. The van der Waals surface area contributed by atoms with Crippen molar-refractivity contribution in [2.24, 2.45) is 5.92 Å². The first-order valence-corrected chi connectivity index (χ1v) is 9.44. The van der Waals surface area contributed by atoms with E-state index < -0.39 is 0 Å². The van der Waals surface area contributed by atoms with Gasteiger partial charge in [-0.2, -0.15) is 0 Å². The van der Waals surface area contributed by atoms with Gasteiger partial charge >= 0.3 is 0 Å². The van der Waals surface area contributed by atoms with Crippen LogP contribution in [0.1, 0.15) is 35.7 Å². The average molecular weight is 365 g/mol. The zero-order chi connectivity index (χ0) is 19.4. The number of hydrogen-bond acceptors (Lipinski definition) is 3. The third-order valence-electron chi connectivity index (χ3n) is 4.84. The van der Waals surface area contributed by atoms with Crippen molar-refractivity contribution in [3.8, 4) is 0 Å². The van der Waals surface area contributed by atoms with Crippen LogP contribution in [0.4, 0.5) is 11.4 Å². The first kappa shape index (κ1) is 19.0. The molecule has 0 heterocycles. The quantitative estimate of drug-likeness (QED) is 0.813. The van der Waals surface area contributed by atoms with E-state index in [2.05, 4.69) is 34.5 Å². The smallest absolute Gasteiger partial charge is 0.254 e. The molecule has 3 rings (SSSR count). The molecule has 2 aromatic rings. The summed E-state index contributed by atoms with van der Waals surface area (Å²) in [6.07, 6.45) is 1.95. The van der Waals surface area contributed by atoms with Crippen molar-refractivity contribution in [2.75, 3.05) is 30.9 Å². The van der Waals surface area contributed by atoms with Crippen molar-refractivity contribution >= 4 is 23.2 Å². The van der Waals surface area contributed by atoms with E-state index in [1.165, 1.54) is 0 Å². The number of nitrogens with zero attached hydrogens (tertiary/aromatic N) is 2. The van der Waals surface area contributed by atoms with Gasteiger partial charge in [-0.1, -0.05) is 12.1 Å². The summed E-state index contributed by atoms with van der Waals surface area (Å²) in [4.78, 5) is 28.5. The standard InChI is InChI=1S/C22H27N3O2/c1-4-25(15-16-5-13-20(14-6-16)24(2)3)22(27)18-9-11-19(12-10-18)23-21(26)17-7-8-17/h5-6,9-14,17H,4,7-8,15H2,1-3H3,(H,23,26). The molecule has 27 heavy (non-hydrogen) atoms. The summed E-state index contributed by atoms with van der Waals surface area (Å²) in [5.74, 6) is 0.237. The molecule has 2 aromatic carbocycles. The Morgan fingerprint density at radius 1 is 1.00 bits per heavy atom. The lowest BCUT2D eigenvalue weighted by Gasteiger charge is -2.22. The van der Waals surface area contributed by atoms with Crippen LogP contribution >= 0.6 is 0 Å². The molecule has 0 bridgehead atoms. The molecule has 0 aromatic heterocycles. The number of benzene rings is 2. The summed E-state index contributed by atoms with van der Waals surface area (Å²) in [5, 5.41) is 2.90. The Bertz CT molecular complexity index is 793. The zero-order valence-electron chi connectivity index (χ0n) is 16.2. The molecule has 1 fully saturated rings. The van der Waals surface area contributed by atoms with Gasteiger partial charge in [0.05, 0.1) is 0 Å². The number of carbonyl (C=O) groups excluding carboxylic acids is 2. The second-order valence-electron chi connectivity index (χ2n) is 7.22. The van der Waals surface area contributed by atoms with E-state index in [4.69, 9.17) is 0 Å². The maximum absolute atomic E-state index is 12.8. The fourth-order valence-electron chi connectivity index (χ4n) is 2.92. The van der Waals surface area contributed by atoms with Crippen LogP contribution in [-0.4, -0.2) is 37.4 Å². The molecule has 0 atom stereocenters. The van der Waals surface area contributed by atoms with Gasteiger partial charge < -0.3 is 15.1 Å². The van der Waals surface area contributed by atoms with Gasteiger partial charge in [0.1, 0.15) is 0 Å². The van der Waals surface area contributed by atoms with Crippen LogP contribution in [0.3, 0.4) is 0 Å². The SMILES string of the molecule is CCN(Cc1ccc(N(C)C)cc1)C(=O)c1ccc(NC(=O)C2CC2)cc1. The summed E-state index contributed by atoms with van der Waals surface area (Å²) < 4.78 is 0. The van der Waals surface area contributed by atoms with Crippen molar-refractivity contribution in [2.45, 2.75) is 26.3 Å². The number of carbonyl (C=O) groups is 2. The number of rotatable bonds is 7. The number of nitrogens with one attached hydrogen (secondary N) is 1. The number of amides is 2. The maximum Gasteiger partial charge on any atom is 0.254 e. The van der Waals surface area contributed by atoms with Crippen LogP contribution in [-0.2, 0) is 11.3 Å². The Morgan fingerprint density at radius 2 is 1.63 bits per heavy atom. The van der Waals surface area contributed by atoms with Crippen LogP contribution in [0.15, 0.2) is 48.5 Å². The van der Waals surface area contributed by atoms with Crippen LogP contribution in [0.25, 0.3) is 0 Å². The lowest BCUT2D eigenvalue weighted by molar-refractivity contribution is -0.117. The number of anilines is 2. The molecular formula is C22H27N3O2. The Morgan fingerprint density at radius 3 is 2.15 bits per heavy atom. The molecule has 142 valence electrons. The molecule has 5 nitrogen and oxygen atoms in total. The van der Waals surface area contributed by atoms with Crippen molar-refractivity contribution in [1.29, 1.82) is 0 Å². The normalized spacial score (nSPS) is 13.1. The lowest BCUT2D eigenvalue weighted by Crippen LogP contribution is -2.30. The second-order valence-corrected chi connectivity index (χ2v) is 7.22. The molecule has 5 heteroatoms. The van der Waals surface area contributed by atoms with E-state index in [0.29, 0.717) is 18.7 Å². The lowest BCUT2D eigenvalue weighted by atomic mass is 10.1. The van der Waals surface area contributed by atoms with Gasteiger partial charge in [-0.15, -0.1) is 0 Å². The Hall–Kier alpha value is -2.82. The highest BCUT2D eigenvalue weighted by Gasteiger charge is 2.29. The highest BCUT2D eigenvalue weighted by atomic mass is 16.2. The highest BCUT2D eigenvalue weighted by molar-refractivity contribution is 5.96. The van der Waals surface area contributed by atoms with E-state index >= 15 is 0 Å². The fourth-order valence-corrected chi connectivity index (χ4v) is 2.92. The topological polar surface area (TPSA) is 52.6 Å². The second kappa shape index (κ2) is 8.25. The average Bonchev–Trinajstić information content (AvgIpc) is 3.52. The molecule has 1 saturated carbocycles. The molecule has 0 aliphatic heterocycles. The van der Waals surface area contributed by atoms with E-state index in [9.17, 15) is 9.59 Å². The molecule has 2 amide bonds. The molecule has 1 aliphatic carbocycles. The minimum Gasteiger partial charge on any atom is -0.378 e. The highest BCUT2D eigenvalue weighted by Crippen LogP contribution is 2.30. The van der Waals surface area contributed by atoms with Gasteiger partial charge in [-0.05, 0) is 61.7 Å². The van der Waals surface area contributed by atoms with Crippen molar-refractivity contribution in [3.63, 3.8) is 0 Å². The summed E-state index contributed by atoms with van der Waals surface area (Å²) >= 11 is 0. The molecule has 0 saturated heterocycles. The third-order valence-corrected chi connectivity index (χ3v) is 4.84. The maximum atomic E-state index is 12.8. The molecular weight excluding hydrogens is 338 g/mol. The zero-order valence-corrected chi connectivity index (χ0v) is 16.2. The van der Waals surface area contributed by atoms with Crippen LogP contribution < -0.4 is 10.2 Å². The van der Waals surface area contributed by atoms with Gasteiger partial charge in [0.25, 0.3) is 5.91 Å². The van der Waals surface area contributed by atoms with E-state index in [1.54, 1.807) is 24.3 Å². The van der Waals surface area contributed by atoms with Crippen LogP contribution in [0.2, 0.25) is 0 Å². The minimum atomic E-state index is -0.00532. The molecule has 1 aliphatic rings. The van der Waals surface area contributed by atoms with Gasteiger partial charge in [0.2, 0.25) is 5.91 Å². The van der Waals surface area contributed by atoms with E-state index in [0.717, 1.165) is 29.8 Å². The van der Waals surface area contributed by atoms with E-state index in [-0.39, 0.29) is 17.7 Å². The summed E-state index contributed by atoms with van der Waals surface area (Å²) in [6, 6.07) is 15.4. The van der Waals surface area contributed by atoms with Crippen LogP contribution in [0, 0.1) is 5.92 Å².